The molecule has 0 aliphatic heterocycles. The summed E-state index contributed by atoms with van der Waals surface area (Å²) in [5.74, 6) is 0. The van der Waals surface area contributed by atoms with E-state index in [0.717, 1.165) is 18.7 Å². The molecule has 0 radical (unpaired) electrons. The minimum atomic E-state index is -0.116. The highest BCUT2D eigenvalue weighted by molar-refractivity contribution is 5.35. The van der Waals surface area contributed by atoms with E-state index in [1.165, 1.54) is 11.1 Å². The average Bonchev–Trinajstić information content (AvgIpc) is 2.29. The molecule has 1 atom stereocenters. The van der Waals surface area contributed by atoms with Gasteiger partial charge >= 0.3 is 0 Å². The molecular formula is C14H20N2. The molecule has 0 saturated carbocycles. The van der Waals surface area contributed by atoms with Crippen LogP contribution in [0, 0.1) is 25.2 Å². The number of aryl methyl sites for hydroxylation is 2. The fourth-order valence-corrected chi connectivity index (χ4v) is 1.99. The van der Waals surface area contributed by atoms with Gasteiger partial charge < -0.3 is 0 Å². The third kappa shape index (κ3) is 2.62. The molecule has 2 nitrogen and oxygen atoms in total. The lowest BCUT2D eigenvalue weighted by atomic mass is 9.98. The minimum absolute atomic E-state index is 0.116. The van der Waals surface area contributed by atoms with E-state index in [9.17, 15) is 5.26 Å². The first-order chi connectivity index (χ1) is 7.63. The van der Waals surface area contributed by atoms with Crippen LogP contribution >= 0.6 is 0 Å². The maximum absolute atomic E-state index is 9.34. The molecule has 1 unspecified atom stereocenters. The number of nitriles is 1. The van der Waals surface area contributed by atoms with Crippen LogP contribution in [0.3, 0.4) is 0 Å². The van der Waals surface area contributed by atoms with E-state index in [1.54, 1.807) is 0 Å². The number of rotatable bonds is 4. The fraction of sp³-hybridized carbons (Fsp3) is 0.500. The second-order valence-corrected chi connectivity index (χ2v) is 4.11. The van der Waals surface area contributed by atoms with Gasteiger partial charge in [-0.3, -0.25) is 4.90 Å². The summed E-state index contributed by atoms with van der Waals surface area (Å²) in [5, 5.41) is 9.34. The molecule has 0 spiro atoms. The number of hydrogen-bond acceptors (Lipinski definition) is 2. The van der Waals surface area contributed by atoms with Gasteiger partial charge in [0.2, 0.25) is 0 Å². The van der Waals surface area contributed by atoms with Crippen LogP contribution in [-0.2, 0) is 0 Å². The Morgan fingerprint density at radius 2 is 1.88 bits per heavy atom. The Balaban J connectivity index is 3.13. The van der Waals surface area contributed by atoms with E-state index in [-0.39, 0.29) is 6.04 Å². The molecule has 0 saturated heterocycles. The molecule has 0 N–H and O–H groups in total. The second-order valence-electron chi connectivity index (χ2n) is 4.11. The van der Waals surface area contributed by atoms with E-state index in [0.29, 0.717) is 0 Å². The first-order valence-corrected chi connectivity index (χ1v) is 5.84. The number of hydrogen-bond donors (Lipinski definition) is 0. The molecule has 16 heavy (non-hydrogen) atoms. The molecule has 0 aromatic heterocycles. The first kappa shape index (κ1) is 12.7. The fourth-order valence-electron chi connectivity index (χ4n) is 1.99. The van der Waals surface area contributed by atoms with Crippen LogP contribution in [0.15, 0.2) is 18.2 Å². The third-order valence-electron chi connectivity index (χ3n) is 3.03. The maximum Gasteiger partial charge on any atom is 0.124 e. The molecule has 0 amide bonds. The Bertz CT molecular complexity index is 386. The summed E-state index contributed by atoms with van der Waals surface area (Å²) in [4.78, 5) is 2.18. The van der Waals surface area contributed by atoms with Gasteiger partial charge in [-0.1, -0.05) is 37.6 Å². The van der Waals surface area contributed by atoms with Crippen molar-refractivity contribution in [2.75, 3.05) is 13.1 Å². The SMILES string of the molecule is CCN(CC)C(C#N)c1cc(C)ccc1C. The van der Waals surface area contributed by atoms with Crippen molar-refractivity contribution in [2.45, 2.75) is 33.7 Å². The lowest BCUT2D eigenvalue weighted by Crippen LogP contribution is -2.28. The van der Waals surface area contributed by atoms with Crippen molar-refractivity contribution in [1.82, 2.24) is 4.90 Å². The van der Waals surface area contributed by atoms with Crippen LogP contribution in [-0.4, -0.2) is 18.0 Å². The largest absolute Gasteiger partial charge is 0.285 e. The zero-order chi connectivity index (χ0) is 12.1. The predicted octanol–water partition coefficient (Wildman–Crippen LogP) is 3.21. The lowest BCUT2D eigenvalue weighted by Gasteiger charge is -2.25. The van der Waals surface area contributed by atoms with Crippen LogP contribution in [0.4, 0.5) is 0 Å². The normalized spacial score (nSPS) is 12.5. The van der Waals surface area contributed by atoms with E-state index in [2.05, 4.69) is 56.9 Å². The summed E-state index contributed by atoms with van der Waals surface area (Å²) < 4.78 is 0. The molecule has 0 aliphatic carbocycles. The van der Waals surface area contributed by atoms with Crippen molar-refractivity contribution in [1.29, 1.82) is 5.26 Å². The van der Waals surface area contributed by atoms with Gasteiger partial charge in [0.1, 0.15) is 6.04 Å². The topological polar surface area (TPSA) is 27.0 Å². The van der Waals surface area contributed by atoms with Gasteiger partial charge in [-0.2, -0.15) is 5.26 Å². The van der Waals surface area contributed by atoms with Crippen LogP contribution in [0.1, 0.15) is 36.6 Å². The van der Waals surface area contributed by atoms with Crippen LogP contribution < -0.4 is 0 Å². The van der Waals surface area contributed by atoms with E-state index in [4.69, 9.17) is 0 Å². The van der Waals surface area contributed by atoms with Gasteiger partial charge in [-0.05, 0) is 38.1 Å². The van der Waals surface area contributed by atoms with Crippen molar-refractivity contribution < 1.29 is 0 Å². The van der Waals surface area contributed by atoms with Gasteiger partial charge in [-0.15, -0.1) is 0 Å². The Hall–Kier alpha value is -1.33. The van der Waals surface area contributed by atoms with Crippen LogP contribution in [0.25, 0.3) is 0 Å². The summed E-state index contributed by atoms with van der Waals surface area (Å²) in [5.41, 5.74) is 3.56. The summed E-state index contributed by atoms with van der Waals surface area (Å²) in [6.45, 7) is 10.1. The highest BCUT2D eigenvalue weighted by Crippen LogP contribution is 2.24. The summed E-state index contributed by atoms with van der Waals surface area (Å²) in [6, 6.07) is 8.61. The zero-order valence-corrected chi connectivity index (χ0v) is 10.6. The van der Waals surface area contributed by atoms with Crippen LogP contribution in [0.2, 0.25) is 0 Å². The van der Waals surface area contributed by atoms with Gasteiger partial charge in [0.15, 0.2) is 0 Å². The molecule has 0 heterocycles. The van der Waals surface area contributed by atoms with Gasteiger partial charge in [0.05, 0.1) is 6.07 Å². The van der Waals surface area contributed by atoms with Gasteiger partial charge in [0, 0.05) is 0 Å². The van der Waals surface area contributed by atoms with Gasteiger partial charge in [0.25, 0.3) is 0 Å². The van der Waals surface area contributed by atoms with Crippen molar-refractivity contribution in [3.05, 3.63) is 34.9 Å². The molecule has 1 aromatic carbocycles. The lowest BCUT2D eigenvalue weighted by molar-refractivity contribution is 0.262. The zero-order valence-electron chi connectivity index (χ0n) is 10.6. The maximum atomic E-state index is 9.34. The first-order valence-electron chi connectivity index (χ1n) is 5.84. The summed E-state index contributed by atoms with van der Waals surface area (Å²) in [6.07, 6.45) is 0. The molecule has 1 aromatic rings. The average molecular weight is 216 g/mol. The smallest absolute Gasteiger partial charge is 0.124 e. The monoisotopic (exact) mass is 216 g/mol. The van der Waals surface area contributed by atoms with Crippen molar-refractivity contribution in [2.24, 2.45) is 0 Å². The highest BCUT2D eigenvalue weighted by atomic mass is 15.1. The number of benzene rings is 1. The molecule has 0 bridgehead atoms. The Labute approximate surface area is 98.5 Å². The van der Waals surface area contributed by atoms with Gasteiger partial charge in [-0.25, -0.2) is 0 Å². The molecule has 2 heteroatoms. The molecule has 86 valence electrons. The molecular weight excluding hydrogens is 196 g/mol. The van der Waals surface area contributed by atoms with E-state index >= 15 is 0 Å². The quantitative estimate of drug-likeness (QED) is 0.772. The van der Waals surface area contributed by atoms with Crippen LogP contribution in [0.5, 0.6) is 0 Å². The van der Waals surface area contributed by atoms with E-state index < -0.39 is 0 Å². The minimum Gasteiger partial charge on any atom is -0.285 e. The molecule has 0 aliphatic rings. The second kappa shape index (κ2) is 5.67. The summed E-state index contributed by atoms with van der Waals surface area (Å²) >= 11 is 0. The summed E-state index contributed by atoms with van der Waals surface area (Å²) in [7, 11) is 0. The predicted molar refractivity (Wildman–Crippen MR) is 67.2 cm³/mol. The molecule has 1 rings (SSSR count). The van der Waals surface area contributed by atoms with E-state index in [1.807, 2.05) is 0 Å². The molecule has 0 fully saturated rings. The Morgan fingerprint density at radius 3 is 2.38 bits per heavy atom. The standard InChI is InChI=1S/C14H20N2/c1-5-16(6-2)14(10-15)13-9-11(3)7-8-12(13)4/h7-9,14H,5-6H2,1-4H3. The van der Waals surface area contributed by atoms with Crippen molar-refractivity contribution in [3.63, 3.8) is 0 Å². The van der Waals surface area contributed by atoms with Crippen molar-refractivity contribution in [3.8, 4) is 6.07 Å². The highest BCUT2D eigenvalue weighted by Gasteiger charge is 2.18. The third-order valence-corrected chi connectivity index (χ3v) is 3.03. The Kier molecular flexibility index (Phi) is 4.52. The van der Waals surface area contributed by atoms with Crippen molar-refractivity contribution >= 4 is 0 Å². The Morgan fingerprint density at radius 1 is 1.25 bits per heavy atom. The number of nitrogens with zero attached hydrogens (tertiary/aromatic N) is 2.